The molecule has 1 aromatic heterocycles. The van der Waals surface area contributed by atoms with Gasteiger partial charge in [0.05, 0.1) is 24.0 Å². The van der Waals surface area contributed by atoms with E-state index in [-0.39, 0.29) is 12.1 Å². The van der Waals surface area contributed by atoms with Gasteiger partial charge in [-0.2, -0.15) is 0 Å². The van der Waals surface area contributed by atoms with Crippen molar-refractivity contribution in [2.45, 2.75) is 44.9 Å². The van der Waals surface area contributed by atoms with Gasteiger partial charge in [-0.1, -0.05) is 12.1 Å². The molecule has 5 nitrogen and oxygen atoms in total. The van der Waals surface area contributed by atoms with Crippen LogP contribution < -0.4 is 5.73 Å². The maximum Gasteiger partial charge on any atom is 0.0807 e. The van der Waals surface area contributed by atoms with Crippen molar-refractivity contribution in [1.29, 1.82) is 0 Å². The average Bonchev–Trinajstić information content (AvgIpc) is 2.99. The highest BCUT2D eigenvalue weighted by Gasteiger charge is 2.37. The van der Waals surface area contributed by atoms with Crippen molar-refractivity contribution in [3.63, 3.8) is 0 Å². The molecule has 16 heavy (non-hydrogen) atoms. The Morgan fingerprint density at radius 2 is 2.38 bits per heavy atom. The molecule has 0 bridgehead atoms. The quantitative estimate of drug-likeness (QED) is 0.786. The standard InChI is InChI=1S/C11H20N4O/c1-3-6-15-9(7-13-14-15)10(12)11(16-2)8-4-5-8/h7-8,10-11H,3-6,12H2,1-2H3. The van der Waals surface area contributed by atoms with Gasteiger partial charge in [-0.3, -0.25) is 0 Å². The van der Waals surface area contributed by atoms with E-state index >= 15 is 0 Å². The van der Waals surface area contributed by atoms with Crippen molar-refractivity contribution < 1.29 is 4.74 Å². The Kier molecular flexibility index (Phi) is 3.56. The van der Waals surface area contributed by atoms with E-state index in [1.807, 2.05) is 4.68 Å². The van der Waals surface area contributed by atoms with Gasteiger partial charge in [-0.05, 0) is 25.2 Å². The van der Waals surface area contributed by atoms with Crippen molar-refractivity contribution in [3.05, 3.63) is 11.9 Å². The molecule has 0 aromatic carbocycles. The molecule has 1 aliphatic carbocycles. The Morgan fingerprint density at radius 3 is 2.94 bits per heavy atom. The molecular formula is C11H20N4O. The van der Waals surface area contributed by atoms with Crippen LogP contribution in [0.1, 0.15) is 37.9 Å². The Bertz CT molecular complexity index is 334. The van der Waals surface area contributed by atoms with E-state index in [2.05, 4.69) is 17.2 Å². The first-order valence-electron chi connectivity index (χ1n) is 5.94. The van der Waals surface area contributed by atoms with Crippen molar-refractivity contribution in [2.75, 3.05) is 7.11 Å². The summed E-state index contributed by atoms with van der Waals surface area (Å²) in [6.45, 7) is 2.98. The monoisotopic (exact) mass is 224 g/mol. The number of nitrogens with zero attached hydrogens (tertiary/aromatic N) is 3. The minimum absolute atomic E-state index is 0.106. The fourth-order valence-corrected chi connectivity index (χ4v) is 2.13. The number of rotatable bonds is 6. The number of hydrogen-bond donors (Lipinski definition) is 1. The smallest absolute Gasteiger partial charge is 0.0807 e. The second-order valence-corrected chi connectivity index (χ2v) is 4.45. The Morgan fingerprint density at radius 1 is 1.62 bits per heavy atom. The van der Waals surface area contributed by atoms with Crippen molar-refractivity contribution in [1.82, 2.24) is 15.0 Å². The van der Waals surface area contributed by atoms with Crippen LogP contribution in [0.5, 0.6) is 0 Å². The summed E-state index contributed by atoms with van der Waals surface area (Å²) in [7, 11) is 1.73. The molecule has 1 fully saturated rings. The maximum atomic E-state index is 6.24. The van der Waals surface area contributed by atoms with Crippen molar-refractivity contribution in [2.24, 2.45) is 11.7 Å². The van der Waals surface area contributed by atoms with Crippen LogP contribution >= 0.6 is 0 Å². The summed E-state index contributed by atoms with van der Waals surface area (Å²) in [5.41, 5.74) is 7.23. The molecule has 2 atom stereocenters. The highest BCUT2D eigenvalue weighted by atomic mass is 16.5. The number of aryl methyl sites for hydroxylation is 1. The van der Waals surface area contributed by atoms with Crippen LogP contribution in [0.2, 0.25) is 0 Å². The molecule has 0 amide bonds. The summed E-state index contributed by atoms with van der Waals surface area (Å²) in [5, 5.41) is 7.99. The lowest BCUT2D eigenvalue weighted by Crippen LogP contribution is -2.31. The van der Waals surface area contributed by atoms with Gasteiger partial charge in [-0.25, -0.2) is 4.68 Å². The summed E-state index contributed by atoms with van der Waals surface area (Å²) in [6.07, 6.45) is 5.34. The lowest BCUT2D eigenvalue weighted by molar-refractivity contribution is 0.0599. The topological polar surface area (TPSA) is 66.0 Å². The number of ether oxygens (including phenoxy) is 1. The van der Waals surface area contributed by atoms with Crippen LogP contribution in [0.15, 0.2) is 6.20 Å². The molecule has 0 radical (unpaired) electrons. The molecular weight excluding hydrogens is 204 g/mol. The Hall–Kier alpha value is -0.940. The molecule has 1 aromatic rings. The van der Waals surface area contributed by atoms with E-state index in [1.54, 1.807) is 13.3 Å². The summed E-state index contributed by atoms with van der Waals surface area (Å²) in [5.74, 6) is 0.616. The molecule has 90 valence electrons. The molecule has 1 saturated carbocycles. The van der Waals surface area contributed by atoms with Gasteiger partial charge >= 0.3 is 0 Å². The minimum Gasteiger partial charge on any atom is -0.379 e. The third-order valence-electron chi connectivity index (χ3n) is 3.14. The van der Waals surface area contributed by atoms with E-state index in [0.29, 0.717) is 5.92 Å². The first kappa shape index (κ1) is 11.5. The minimum atomic E-state index is -0.112. The normalized spacial score (nSPS) is 19.7. The van der Waals surface area contributed by atoms with Crippen LogP contribution in [-0.4, -0.2) is 28.2 Å². The summed E-state index contributed by atoms with van der Waals surface area (Å²) in [6, 6.07) is -0.112. The van der Waals surface area contributed by atoms with Gasteiger partial charge in [0, 0.05) is 13.7 Å². The second kappa shape index (κ2) is 4.93. The first-order chi connectivity index (χ1) is 7.77. The molecule has 0 aliphatic heterocycles. The van der Waals surface area contributed by atoms with Crippen molar-refractivity contribution >= 4 is 0 Å². The third kappa shape index (κ3) is 2.25. The number of nitrogens with two attached hydrogens (primary N) is 1. The fourth-order valence-electron chi connectivity index (χ4n) is 2.13. The average molecular weight is 224 g/mol. The van der Waals surface area contributed by atoms with Crippen LogP contribution in [0, 0.1) is 5.92 Å². The number of methoxy groups -OCH3 is 1. The van der Waals surface area contributed by atoms with E-state index < -0.39 is 0 Å². The maximum absolute atomic E-state index is 6.24. The molecule has 1 heterocycles. The van der Waals surface area contributed by atoms with E-state index in [1.165, 1.54) is 12.8 Å². The second-order valence-electron chi connectivity index (χ2n) is 4.45. The first-order valence-corrected chi connectivity index (χ1v) is 5.94. The number of hydrogen-bond acceptors (Lipinski definition) is 4. The lowest BCUT2D eigenvalue weighted by atomic mass is 10.0. The molecule has 1 aliphatic rings. The highest BCUT2D eigenvalue weighted by Crippen LogP contribution is 2.38. The largest absolute Gasteiger partial charge is 0.379 e. The van der Waals surface area contributed by atoms with Gasteiger partial charge in [-0.15, -0.1) is 5.10 Å². The molecule has 0 spiro atoms. The Balaban J connectivity index is 2.11. The third-order valence-corrected chi connectivity index (χ3v) is 3.14. The summed E-state index contributed by atoms with van der Waals surface area (Å²) in [4.78, 5) is 0. The lowest BCUT2D eigenvalue weighted by Gasteiger charge is -2.22. The predicted molar refractivity (Wildman–Crippen MR) is 60.8 cm³/mol. The van der Waals surface area contributed by atoms with E-state index in [0.717, 1.165) is 18.7 Å². The van der Waals surface area contributed by atoms with Crippen LogP contribution in [0.3, 0.4) is 0 Å². The van der Waals surface area contributed by atoms with Crippen LogP contribution in [-0.2, 0) is 11.3 Å². The number of aromatic nitrogens is 3. The van der Waals surface area contributed by atoms with E-state index in [9.17, 15) is 0 Å². The SMILES string of the molecule is CCCn1nncc1C(N)C(OC)C1CC1. The fraction of sp³-hybridized carbons (Fsp3) is 0.818. The molecule has 2 rings (SSSR count). The van der Waals surface area contributed by atoms with Crippen LogP contribution in [0.4, 0.5) is 0 Å². The zero-order chi connectivity index (χ0) is 11.5. The predicted octanol–water partition coefficient (Wildman–Crippen LogP) is 1.11. The van der Waals surface area contributed by atoms with Gasteiger partial charge in [0.15, 0.2) is 0 Å². The van der Waals surface area contributed by atoms with Crippen LogP contribution in [0.25, 0.3) is 0 Å². The summed E-state index contributed by atoms with van der Waals surface area (Å²) < 4.78 is 7.39. The van der Waals surface area contributed by atoms with Gasteiger partial charge in [0.1, 0.15) is 0 Å². The van der Waals surface area contributed by atoms with E-state index in [4.69, 9.17) is 10.5 Å². The van der Waals surface area contributed by atoms with Gasteiger partial charge < -0.3 is 10.5 Å². The molecule has 2 unspecified atom stereocenters. The highest BCUT2D eigenvalue weighted by molar-refractivity contribution is 5.06. The zero-order valence-corrected chi connectivity index (χ0v) is 9.97. The molecule has 5 heteroatoms. The van der Waals surface area contributed by atoms with Gasteiger partial charge in [0.25, 0.3) is 0 Å². The van der Waals surface area contributed by atoms with Crippen molar-refractivity contribution in [3.8, 4) is 0 Å². The molecule has 0 saturated heterocycles. The zero-order valence-electron chi connectivity index (χ0n) is 9.97. The van der Waals surface area contributed by atoms with Gasteiger partial charge in [0.2, 0.25) is 0 Å². The molecule has 2 N–H and O–H groups in total. The Labute approximate surface area is 96.0 Å². The summed E-state index contributed by atoms with van der Waals surface area (Å²) >= 11 is 0.